The molecule has 2 aromatic rings. The Morgan fingerprint density at radius 3 is 2.48 bits per heavy atom. The molecule has 0 spiro atoms. The first-order valence-electron chi connectivity index (χ1n) is 11.5. The van der Waals surface area contributed by atoms with Crippen LogP contribution < -0.4 is 20.9 Å². The fraction of sp³-hybridized carbons (Fsp3) is 0.478. The van der Waals surface area contributed by atoms with Crippen LogP contribution in [0.25, 0.3) is 0 Å². The van der Waals surface area contributed by atoms with Crippen LogP contribution in [0.1, 0.15) is 18.4 Å². The van der Waals surface area contributed by atoms with Gasteiger partial charge in [-0.25, -0.2) is 18.2 Å². The number of nitrogens with two attached hydrogens (primary N) is 1. The summed E-state index contributed by atoms with van der Waals surface area (Å²) in [4.78, 5) is 23.6. The first-order chi connectivity index (χ1) is 15.9. The van der Waals surface area contributed by atoms with E-state index in [1.165, 1.54) is 5.56 Å². The van der Waals surface area contributed by atoms with Crippen molar-refractivity contribution >= 4 is 38.7 Å². The Hall–Kier alpha value is -3.01. The zero-order valence-corrected chi connectivity index (χ0v) is 19.4. The predicted octanol–water partition coefficient (Wildman–Crippen LogP) is 1.96. The molecule has 0 radical (unpaired) electrons. The Labute approximate surface area is 194 Å². The normalized spacial score (nSPS) is 21.3. The van der Waals surface area contributed by atoms with Crippen molar-refractivity contribution in [3.05, 3.63) is 42.1 Å². The van der Waals surface area contributed by atoms with E-state index in [2.05, 4.69) is 21.3 Å². The molecule has 1 aromatic heterocycles. The summed E-state index contributed by atoms with van der Waals surface area (Å²) in [5, 5.41) is 3.07. The molecule has 0 bridgehead atoms. The summed E-state index contributed by atoms with van der Waals surface area (Å²) >= 11 is 0. The van der Waals surface area contributed by atoms with E-state index in [1.54, 1.807) is 6.20 Å². The molecule has 0 unspecified atom stereocenters. The Morgan fingerprint density at radius 2 is 1.73 bits per heavy atom. The highest BCUT2D eigenvalue weighted by Gasteiger charge is 2.31. The van der Waals surface area contributed by atoms with Crippen molar-refractivity contribution in [3.63, 3.8) is 0 Å². The van der Waals surface area contributed by atoms with Gasteiger partial charge >= 0.3 is 6.03 Å². The molecule has 2 fully saturated rings. The number of benzene rings is 1. The van der Waals surface area contributed by atoms with Gasteiger partial charge < -0.3 is 25.8 Å². The number of piperidine rings is 1. The van der Waals surface area contributed by atoms with Gasteiger partial charge in [-0.2, -0.15) is 0 Å². The van der Waals surface area contributed by atoms with Crippen molar-refractivity contribution < 1.29 is 13.2 Å². The molecule has 2 amide bonds. The number of sulfone groups is 1. The van der Waals surface area contributed by atoms with E-state index in [0.717, 1.165) is 56.1 Å². The van der Waals surface area contributed by atoms with Crippen molar-refractivity contribution in [2.24, 2.45) is 0 Å². The molecule has 3 N–H and O–H groups in total. The quantitative estimate of drug-likeness (QED) is 0.705. The number of pyridine rings is 1. The number of aromatic nitrogens is 1. The summed E-state index contributed by atoms with van der Waals surface area (Å²) in [5.41, 5.74) is 9.68. The number of urea groups is 1. The van der Waals surface area contributed by atoms with E-state index >= 15 is 0 Å². The van der Waals surface area contributed by atoms with Gasteiger partial charge in [-0.1, -0.05) is 18.2 Å². The molecule has 0 saturated carbocycles. The second-order valence-electron chi connectivity index (χ2n) is 8.99. The third kappa shape index (κ3) is 4.57. The smallest absolute Gasteiger partial charge is 0.322 e. The predicted molar refractivity (Wildman–Crippen MR) is 131 cm³/mol. The first kappa shape index (κ1) is 21.8. The average Bonchev–Trinajstić information content (AvgIpc) is 2.98. The van der Waals surface area contributed by atoms with Gasteiger partial charge in [0.05, 0.1) is 29.1 Å². The van der Waals surface area contributed by atoms with Crippen molar-refractivity contribution in [2.75, 3.05) is 65.1 Å². The number of carbonyl (C=O) groups is 1. The number of carbonyl (C=O) groups excluding carboxylic acids is 1. The molecule has 9 nitrogen and oxygen atoms in total. The standard InChI is InChI=1S/C23H30N6O3S/c24-19-16-25-22(15-21(19)27-11-13-33(31,32)14-12-27)28-8-6-18(7-9-28)29-10-5-17-3-1-2-4-20(17)26-23(29)30/h1-4,15-16,18H,5-14,24H2,(H,26,30). The maximum atomic E-state index is 12.9. The average molecular weight is 471 g/mol. The minimum atomic E-state index is -2.95. The lowest BCUT2D eigenvalue weighted by Gasteiger charge is -2.38. The Morgan fingerprint density at radius 1 is 1.00 bits per heavy atom. The van der Waals surface area contributed by atoms with Gasteiger partial charge in [0.15, 0.2) is 9.84 Å². The second kappa shape index (κ2) is 8.74. The summed E-state index contributed by atoms with van der Waals surface area (Å²) in [6.45, 7) is 3.21. The second-order valence-corrected chi connectivity index (χ2v) is 11.3. The van der Waals surface area contributed by atoms with Crippen LogP contribution in [0.15, 0.2) is 36.5 Å². The van der Waals surface area contributed by atoms with E-state index in [-0.39, 0.29) is 23.6 Å². The topological polar surface area (TPSA) is 112 Å². The molecule has 0 aliphatic carbocycles. The molecule has 5 rings (SSSR count). The van der Waals surface area contributed by atoms with E-state index in [9.17, 15) is 13.2 Å². The number of amides is 2. The van der Waals surface area contributed by atoms with Crippen LogP contribution in [0.5, 0.6) is 0 Å². The summed E-state index contributed by atoms with van der Waals surface area (Å²) in [6, 6.07) is 10.1. The lowest BCUT2D eigenvalue weighted by Crippen LogP contribution is -2.49. The maximum absolute atomic E-state index is 12.9. The maximum Gasteiger partial charge on any atom is 0.322 e. The molecule has 3 aliphatic heterocycles. The highest BCUT2D eigenvalue weighted by atomic mass is 32.2. The third-order valence-electron chi connectivity index (χ3n) is 6.95. The van der Waals surface area contributed by atoms with Crippen LogP contribution in [-0.2, 0) is 16.3 Å². The minimum Gasteiger partial charge on any atom is -0.396 e. The molecule has 4 heterocycles. The van der Waals surface area contributed by atoms with Gasteiger partial charge in [0.1, 0.15) is 5.82 Å². The molecular weight excluding hydrogens is 440 g/mol. The highest BCUT2D eigenvalue weighted by molar-refractivity contribution is 7.91. The summed E-state index contributed by atoms with van der Waals surface area (Å²) < 4.78 is 23.6. The third-order valence-corrected chi connectivity index (χ3v) is 8.56. The molecule has 2 saturated heterocycles. The van der Waals surface area contributed by atoms with Gasteiger partial charge in [-0.15, -0.1) is 0 Å². The van der Waals surface area contributed by atoms with Crippen molar-refractivity contribution in [1.82, 2.24) is 9.88 Å². The SMILES string of the molecule is Nc1cnc(N2CCC(N3CCc4ccccc4NC3=O)CC2)cc1N1CCS(=O)(=O)CC1. The Kier molecular flexibility index (Phi) is 5.77. The van der Waals surface area contributed by atoms with Crippen LogP contribution in [0.2, 0.25) is 0 Å². The number of para-hydroxylation sites is 1. The zero-order chi connectivity index (χ0) is 23.0. The monoisotopic (exact) mass is 470 g/mol. The molecule has 33 heavy (non-hydrogen) atoms. The summed E-state index contributed by atoms with van der Waals surface area (Å²) in [7, 11) is -2.95. The number of hydrogen-bond acceptors (Lipinski definition) is 7. The van der Waals surface area contributed by atoms with E-state index < -0.39 is 9.84 Å². The lowest BCUT2D eigenvalue weighted by atomic mass is 10.0. The van der Waals surface area contributed by atoms with Crippen molar-refractivity contribution in [2.45, 2.75) is 25.3 Å². The van der Waals surface area contributed by atoms with Gasteiger partial charge in [-0.3, -0.25) is 0 Å². The molecule has 3 aliphatic rings. The molecular formula is C23H30N6O3S. The fourth-order valence-electron chi connectivity index (χ4n) is 4.99. The van der Waals surface area contributed by atoms with Crippen LogP contribution in [0.3, 0.4) is 0 Å². The summed E-state index contributed by atoms with van der Waals surface area (Å²) in [5.74, 6) is 1.15. The van der Waals surface area contributed by atoms with Gasteiger partial charge in [0.25, 0.3) is 0 Å². The zero-order valence-electron chi connectivity index (χ0n) is 18.6. The van der Waals surface area contributed by atoms with E-state index in [0.29, 0.717) is 18.8 Å². The first-order valence-corrected chi connectivity index (χ1v) is 13.3. The van der Waals surface area contributed by atoms with Crippen LogP contribution in [0.4, 0.5) is 27.7 Å². The Bertz CT molecular complexity index is 1130. The lowest BCUT2D eigenvalue weighted by molar-refractivity contribution is 0.177. The van der Waals surface area contributed by atoms with E-state index in [1.807, 2.05) is 34.1 Å². The number of hydrogen-bond donors (Lipinski definition) is 2. The van der Waals surface area contributed by atoms with Crippen LogP contribution in [0, 0.1) is 0 Å². The number of fused-ring (bicyclic) bond motifs is 1. The Balaban J connectivity index is 1.24. The number of nitrogens with one attached hydrogen (secondary N) is 1. The molecule has 10 heteroatoms. The number of rotatable bonds is 3. The molecule has 176 valence electrons. The van der Waals surface area contributed by atoms with Crippen molar-refractivity contribution in [3.8, 4) is 0 Å². The molecule has 0 atom stereocenters. The largest absolute Gasteiger partial charge is 0.396 e. The number of nitrogens with zero attached hydrogens (tertiary/aromatic N) is 4. The van der Waals surface area contributed by atoms with Gasteiger partial charge in [-0.05, 0) is 30.9 Å². The van der Waals surface area contributed by atoms with Crippen LogP contribution >= 0.6 is 0 Å². The van der Waals surface area contributed by atoms with Crippen LogP contribution in [-0.4, -0.2) is 74.6 Å². The fourth-order valence-corrected chi connectivity index (χ4v) is 6.19. The van der Waals surface area contributed by atoms with Gasteiger partial charge in [0, 0.05) is 50.5 Å². The number of anilines is 4. The van der Waals surface area contributed by atoms with Gasteiger partial charge in [0.2, 0.25) is 0 Å². The number of nitrogen functional groups attached to an aromatic ring is 1. The van der Waals surface area contributed by atoms with Crippen molar-refractivity contribution in [1.29, 1.82) is 0 Å². The summed E-state index contributed by atoms with van der Waals surface area (Å²) in [6.07, 6.45) is 4.25. The molecule has 1 aromatic carbocycles. The minimum absolute atomic E-state index is 0.0219. The van der Waals surface area contributed by atoms with E-state index in [4.69, 9.17) is 5.73 Å². The highest BCUT2D eigenvalue weighted by Crippen LogP contribution is 2.31.